The monoisotopic (exact) mass is 315 g/mol. The fraction of sp³-hybridized carbons (Fsp3) is 0.333. The van der Waals surface area contributed by atoms with Gasteiger partial charge >= 0.3 is 0 Å². The van der Waals surface area contributed by atoms with Crippen molar-refractivity contribution in [2.75, 3.05) is 13.1 Å². The molecule has 0 amide bonds. The highest BCUT2D eigenvalue weighted by atomic mass is 32.2. The molecule has 2 aromatic rings. The second-order valence-electron chi connectivity index (χ2n) is 6.05. The van der Waals surface area contributed by atoms with Crippen molar-refractivity contribution in [2.45, 2.75) is 18.6 Å². The summed E-state index contributed by atoms with van der Waals surface area (Å²) >= 11 is 0. The van der Waals surface area contributed by atoms with E-state index in [1.165, 1.54) is 5.56 Å². The van der Waals surface area contributed by atoms with E-state index >= 15 is 0 Å². The third kappa shape index (κ3) is 3.23. The van der Waals surface area contributed by atoms with E-state index in [0.29, 0.717) is 19.0 Å². The minimum absolute atomic E-state index is 0.0854. The fourth-order valence-electron chi connectivity index (χ4n) is 3.16. The predicted molar refractivity (Wildman–Crippen MR) is 89.0 cm³/mol. The van der Waals surface area contributed by atoms with Crippen LogP contribution in [0.25, 0.3) is 0 Å². The van der Waals surface area contributed by atoms with Gasteiger partial charge in [-0.1, -0.05) is 67.6 Å². The molecule has 2 aromatic carbocycles. The number of nitrogens with zero attached hydrogens (tertiary/aromatic N) is 1. The van der Waals surface area contributed by atoms with Crippen LogP contribution in [0.5, 0.6) is 0 Å². The van der Waals surface area contributed by atoms with Crippen LogP contribution in [0.4, 0.5) is 0 Å². The molecule has 116 valence electrons. The van der Waals surface area contributed by atoms with Crippen LogP contribution in [0.3, 0.4) is 0 Å². The third-order valence-electron chi connectivity index (χ3n) is 4.39. The summed E-state index contributed by atoms with van der Waals surface area (Å²) in [7, 11) is -3.25. The van der Waals surface area contributed by atoms with Crippen molar-refractivity contribution in [2.24, 2.45) is 5.92 Å². The first-order valence-corrected chi connectivity index (χ1v) is 9.24. The van der Waals surface area contributed by atoms with E-state index in [-0.39, 0.29) is 11.7 Å². The van der Waals surface area contributed by atoms with Crippen molar-refractivity contribution in [3.63, 3.8) is 0 Å². The second-order valence-corrected chi connectivity index (χ2v) is 8.02. The van der Waals surface area contributed by atoms with E-state index in [9.17, 15) is 8.42 Å². The Balaban J connectivity index is 1.76. The first-order chi connectivity index (χ1) is 10.6. The smallest absolute Gasteiger partial charge is 0.212 e. The first kappa shape index (κ1) is 15.3. The van der Waals surface area contributed by atoms with E-state index < -0.39 is 10.0 Å². The number of sulfonamides is 1. The number of rotatable bonds is 4. The topological polar surface area (TPSA) is 37.4 Å². The van der Waals surface area contributed by atoms with E-state index in [1.807, 2.05) is 48.5 Å². The Morgan fingerprint density at radius 1 is 0.955 bits per heavy atom. The molecule has 0 saturated carbocycles. The van der Waals surface area contributed by atoms with Crippen molar-refractivity contribution in [3.8, 4) is 0 Å². The van der Waals surface area contributed by atoms with E-state index in [0.717, 1.165) is 5.56 Å². The molecule has 0 radical (unpaired) electrons. The van der Waals surface area contributed by atoms with Gasteiger partial charge in [0.05, 0.1) is 5.75 Å². The van der Waals surface area contributed by atoms with Crippen molar-refractivity contribution in [3.05, 3.63) is 71.8 Å². The minimum atomic E-state index is -3.25. The zero-order chi connectivity index (χ0) is 15.6. The van der Waals surface area contributed by atoms with Gasteiger partial charge in [0.2, 0.25) is 10.0 Å². The Hall–Kier alpha value is -1.65. The van der Waals surface area contributed by atoms with Crippen LogP contribution in [0.1, 0.15) is 24.0 Å². The second kappa shape index (κ2) is 6.23. The van der Waals surface area contributed by atoms with Gasteiger partial charge in [-0.05, 0) is 17.0 Å². The molecule has 0 spiro atoms. The summed E-state index contributed by atoms with van der Waals surface area (Å²) in [6.45, 7) is 3.32. The van der Waals surface area contributed by atoms with E-state index in [1.54, 1.807) is 4.31 Å². The molecule has 1 saturated heterocycles. The van der Waals surface area contributed by atoms with Gasteiger partial charge in [0.15, 0.2) is 0 Å². The van der Waals surface area contributed by atoms with Crippen molar-refractivity contribution in [1.82, 2.24) is 4.31 Å². The Bertz CT molecular complexity index is 713. The van der Waals surface area contributed by atoms with Crippen molar-refractivity contribution < 1.29 is 8.42 Å². The molecule has 1 heterocycles. The lowest BCUT2D eigenvalue weighted by Gasteiger charge is -2.17. The first-order valence-electron chi connectivity index (χ1n) is 7.63. The number of hydrogen-bond acceptors (Lipinski definition) is 2. The zero-order valence-electron chi connectivity index (χ0n) is 12.7. The molecule has 3 rings (SSSR count). The molecule has 1 aliphatic heterocycles. The summed E-state index contributed by atoms with van der Waals surface area (Å²) in [6.07, 6.45) is 0. The standard InChI is InChI=1S/C18H21NO2S/c1-15-12-19(13-18(15)17-10-6-3-7-11-17)22(20,21)14-16-8-4-2-5-9-16/h2-11,15,18H,12-14H2,1H3. The van der Waals surface area contributed by atoms with Gasteiger partial charge < -0.3 is 0 Å². The van der Waals surface area contributed by atoms with Crippen LogP contribution in [0.15, 0.2) is 60.7 Å². The molecule has 0 bridgehead atoms. The van der Waals surface area contributed by atoms with E-state index in [2.05, 4.69) is 19.1 Å². The Morgan fingerprint density at radius 2 is 1.55 bits per heavy atom. The summed E-state index contributed by atoms with van der Waals surface area (Å²) in [6, 6.07) is 19.6. The molecule has 1 fully saturated rings. The van der Waals surface area contributed by atoms with Crippen LogP contribution in [0.2, 0.25) is 0 Å². The Labute approximate surface area is 132 Å². The lowest BCUT2D eigenvalue weighted by molar-refractivity contribution is 0.463. The van der Waals surface area contributed by atoms with Crippen molar-refractivity contribution in [1.29, 1.82) is 0 Å². The minimum Gasteiger partial charge on any atom is -0.212 e. The van der Waals surface area contributed by atoms with Crippen LogP contribution >= 0.6 is 0 Å². The third-order valence-corrected chi connectivity index (χ3v) is 6.17. The summed E-state index contributed by atoms with van der Waals surface area (Å²) in [5.41, 5.74) is 2.07. The van der Waals surface area contributed by atoms with Crippen LogP contribution in [-0.4, -0.2) is 25.8 Å². The Kier molecular flexibility index (Phi) is 4.32. The molecule has 22 heavy (non-hydrogen) atoms. The van der Waals surface area contributed by atoms with Crippen LogP contribution in [0, 0.1) is 5.92 Å². The fourth-order valence-corrected chi connectivity index (χ4v) is 4.81. The highest BCUT2D eigenvalue weighted by Gasteiger charge is 2.36. The summed E-state index contributed by atoms with van der Waals surface area (Å²) in [4.78, 5) is 0. The molecule has 3 nitrogen and oxygen atoms in total. The summed E-state index contributed by atoms with van der Waals surface area (Å²) in [5, 5.41) is 0. The van der Waals surface area contributed by atoms with Crippen molar-refractivity contribution >= 4 is 10.0 Å². The number of hydrogen-bond donors (Lipinski definition) is 0. The van der Waals surface area contributed by atoms with Gasteiger partial charge in [0.25, 0.3) is 0 Å². The van der Waals surface area contributed by atoms with Gasteiger partial charge in [-0.3, -0.25) is 0 Å². The van der Waals surface area contributed by atoms with Crippen LogP contribution in [-0.2, 0) is 15.8 Å². The SMILES string of the molecule is CC1CN(S(=O)(=O)Cc2ccccc2)CC1c1ccccc1. The molecule has 0 N–H and O–H groups in total. The molecule has 0 aliphatic carbocycles. The van der Waals surface area contributed by atoms with Gasteiger partial charge in [0, 0.05) is 19.0 Å². The lowest BCUT2D eigenvalue weighted by Crippen LogP contribution is -2.30. The molecular formula is C18H21NO2S. The highest BCUT2D eigenvalue weighted by Crippen LogP contribution is 2.34. The van der Waals surface area contributed by atoms with Gasteiger partial charge in [-0.15, -0.1) is 0 Å². The summed E-state index contributed by atoms with van der Waals surface area (Å²) < 4.78 is 27.0. The van der Waals surface area contributed by atoms with Gasteiger partial charge in [-0.25, -0.2) is 12.7 Å². The van der Waals surface area contributed by atoms with Gasteiger partial charge in [0.1, 0.15) is 0 Å². The zero-order valence-corrected chi connectivity index (χ0v) is 13.5. The highest BCUT2D eigenvalue weighted by molar-refractivity contribution is 7.88. The lowest BCUT2D eigenvalue weighted by atomic mass is 9.90. The average molecular weight is 315 g/mol. The molecule has 4 heteroatoms. The maximum atomic E-state index is 12.7. The molecule has 1 aliphatic rings. The molecule has 2 atom stereocenters. The normalized spacial score (nSPS) is 22.8. The van der Waals surface area contributed by atoms with Crippen LogP contribution < -0.4 is 0 Å². The predicted octanol–water partition coefficient (Wildman–Crippen LogP) is 3.25. The molecular weight excluding hydrogens is 294 g/mol. The summed E-state index contributed by atoms with van der Waals surface area (Å²) in [5.74, 6) is 0.710. The molecule has 0 aromatic heterocycles. The molecule has 2 unspecified atom stereocenters. The Morgan fingerprint density at radius 3 is 2.18 bits per heavy atom. The van der Waals surface area contributed by atoms with E-state index in [4.69, 9.17) is 0 Å². The quantitative estimate of drug-likeness (QED) is 0.868. The maximum absolute atomic E-state index is 12.7. The number of benzene rings is 2. The van der Waals surface area contributed by atoms with Gasteiger partial charge in [-0.2, -0.15) is 0 Å². The largest absolute Gasteiger partial charge is 0.218 e. The maximum Gasteiger partial charge on any atom is 0.218 e. The average Bonchev–Trinajstić information content (AvgIpc) is 2.92.